The molecule has 1 aliphatic rings. The SMILES string of the molecule is Clc1cccc(OCCc2ccncc2)c1CNC1CC1. The number of halogens is 1. The second-order valence-corrected chi connectivity index (χ2v) is 5.73. The van der Waals surface area contributed by atoms with Crippen LogP contribution >= 0.6 is 11.6 Å². The fourth-order valence-electron chi connectivity index (χ4n) is 2.21. The van der Waals surface area contributed by atoms with Crippen LogP contribution in [-0.2, 0) is 13.0 Å². The molecule has 1 aromatic carbocycles. The first-order valence-corrected chi connectivity index (χ1v) is 7.73. The van der Waals surface area contributed by atoms with E-state index < -0.39 is 0 Å². The van der Waals surface area contributed by atoms with Gasteiger partial charge in [0.25, 0.3) is 0 Å². The molecule has 0 bridgehead atoms. The van der Waals surface area contributed by atoms with Crippen molar-refractivity contribution in [2.75, 3.05) is 6.61 Å². The predicted molar refractivity (Wildman–Crippen MR) is 84.7 cm³/mol. The van der Waals surface area contributed by atoms with Crippen LogP contribution in [0.1, 0.15) is 24.0 Å². The molecule has 3 nitrogen and oxygen atoms in total. The van der Waals surface area contributed by atoms with Gasteiger partial charge in [-0.15, -0.1) is 0 Å². The van der Waals surface area contributed by atoms with E-state index in [1.165, 1.54) is 18.4 Å². The van der Waals surface area contributed by atoms with Crippen molar-refractivity contribution >= 4 is 11.6 Å². The molecule has 0 atom stereocenters. The number of benzene rings is 1. The maximum Gasteiger partial charge on any atom is 0.125 e. The van der Waals surface area contributed by atoms with Crippen LogP contribution in [0.15, 0.2) is 42.7 Å². The molecule has 1 aromatic heterocycles. The Morgan fingerprint density at radius 3 is 2.76 bits per heavy atom. The molecule has 2 aromatic rings. The fraction of sp³-hybridized carbons (Fsp3) is 0.353. The average Bonchev–Trinajstić information content (AvgIpc) is 3.32. The van der Waals surface area contributed by atoms with Crippen LogP contribution in [0.5, 0.6) is 5.75 Å². The fourth-order valence-corrected chi connectivity index (χ4v) is 2.44. The van der Waals surface area contributed by atoms with Crippen molar-refractivity contribution in [1.29, 1.82) is 0 Å². The summed E-state index contributed by atoms with van der Waals surface area (Å²) in [6, 6.07) is 10.5. The van der Waals surface area contributed by atoms with E-state index >= 15 is 0 Å². The van der Waals surface area contributed by atoms with Crippen molar-refractivity contribution in [3.63, 3.8) is 0 Å². The molecule has 0 unspecified atom stereocenters. The Kier molecular flexibility index (Phi) is 4.73. The Morgan fingerprint density at radius 1 is 1.19 bits per heavy atom. The zero-order valence-electron chi connectivity index (χ0n) is 11.9. The van der Waals surface area contributed by atoms with E-state index in [0.29, 0.717) is 12.6 Å². The third-order valence-corrected chi connectivity index (χ3v) is 3.97. The monoisotopic (exact) mass is 302 g/mol. The zero-order chi connectivity index (χ0) is 14.5. The van der Waals surface area contributed by atoms with E-state index in [0.717, 1.165) is 29.3 Å². The first kappa shape index (κ1) is 14.4. The molecule has 0 spiro atoms. The average molecular weight is 303 g/mol. The van der Waals surface area contributed by atoms with Gasteiger partial charge in [-0.05, 0) is 42.7 Å². The van der Waals surface area contributed by atoms with Gasteiger partial charge in [-0.2, -0.15) is 0 Å². The second-order valence-electron chi connectivity index (χ2n) is 5.33. The number of ether oxygens (including phenoxy) is 1. The Hall–Kier alpha value is -1.58. The summed E-state index contributed by atoms with van der Waals surface area (Å²) in [7, 11) is 0. The lowest BCUT2D eigenvalue weighted by molar-refractivity contribution is 0.317. The molecule has 21 heavy (non-hydrogen) atoms. The van der Waals surface area contributed by atoms with Gasteiger partial charge in [0.2, 0.25) is 0 Å². The molecule has 0 saturated heterocycles. The third kappa shape index (κ3) is 4.19. The third-order valence-electron chi connectivity index (χ3n) is 3.62. The van der Waals surface area contributed by atoms with E-state index in [9.17, 15) is 0 Å². The zero-order valence-corrected chi connectivity index (χ0v) is 12.6. The van der Waals surface area contributed by atoms with Crippen LogP contribution in [0.3, 0.4) is 0 Å². The minimum atomic E-state index is 0.640. The van der Waals surface area contributed by atoms with Gasteiger partial charge in [0.1, 0.15) is 5.75 Å². The van der Waals surface area contributed by atoms with Gasteiger partial charge in [0.05, 0.1) is 6.61 Å². The molecule has 1 fully saturated rings. The number of pyridine rings is 1. The van der Waals surface area contributed by atoms with Crippen molar-refractivity contribution in [3.05, 3.63) is 58.9 Å². The minimum absolute atomic E-state index is 0.640. The molecule has 1 saturated carbocycles. The summed E-state index contributed by atoms with van der Waals surface area (Å²) in [4.78, 5) is 4.02. The molecule has 1 aliphatic carbocycles. The van der Waals surface area contributed by atoms with E-state index in [2.05, 4.69) is 10.3 Å². The normalized spacial score (nSPS) is 14.1. The van der Waals surface area contributed by atoms with Crippen LogP contribution in [0.2, 0.25) is 5.02 Å². The lowest BCUT2D eigenvalue weighted by atomic mass is 10.2. The largest absolute Gasteiger partial charge is 0.493 e. The Labute approximate surface area is 130 Å². The molecule has 3 rings (SSSR count). The molecule has 0 aliphatic heterocycles. The summed E-state index contributed by atoms with van der Waals surface area (Å²) in [6.45, 7) is 1.41. The molecule has 0 radical (unpaired) electrons. The van der Waals surface area contributed by atoms with Gasteiger partial charge < -0.3 is 10.1 Å². The topological polar surface area (TPSA) is 34.1 Å². The maximum atomic E-state index is 6.30. The van der Waals surface area contributed by atoms with Crippen molar-refractivity contribution in [3.8, 4) is 5.75 Å². The van der Waals surface area contributed by atoms with Crippen LogP contribution in [0.4, 0.5) is 0 Å². The molecule has 0 amide bonds. The number of aromatic nitrogens is 1. The standard InChI is InChI=1S/C17H19ClN2O/c18-16-2-1-3-17(15(16)12-20-14-4-5-14)21-11-8-13-6-9-19-10-7-13/h1-3,6-7,9-10,14,20H,4-5,8,11-12H2. The number of hydrogen-bond donors (Lipinski definition) is 1. The number of rotatable bonds is 7. The maximum absolute atomic E-state index is 6.30. The van der Waals surface area contributed by atoms with Gasteiger partial charge in [-0.3, -0.25) is 4.98 Å². The van der Waals surface area contributed by atoms with Crippen LogP contribution in [0, 0.1) is 0 Å². The van der Waals surface area contributed by atoms with Crippen molar-refractivity contribution in [2.45, 2.75) is 31.8 Å². The lowest BCUT2D eigenvalue weighted by Gasteiger charge is -2.13. The van der Waals surface area contributed by atoms with Gasteiger partial charge in [-0.25, -0.2) is 0 Å². The molecule has 4 heteroatoms. The predicted octanol–water partition coefficient (Wildman–Crippen LogP) is 3.61. The van der Waals surface area contributed by atoms with Gasteiger partial charge in [0, 0.05) is 42.0 Å². The molecule has 1 N–H and O–H groups in total. The highest BCUT2D eigenvalue weighted by atomic mass is 35.5. The summed E-state index contributed by atoms with van der Waals surface area (Å²) in [5, 5.41) is 4.26. The molecule has 1 heterocycles. The molecular weight excluding hydrogens is 284 g/mol. The summed E-state index contributed by atoms with van der Waals surface area (Å²) < 4.78 is 5.93. The molecular formula is C17H19ClN2O. The highest BCUT2D eigenvalue weighted by Crippen LogP contribution is 2.28. The van der Waals surface area contributed by atoms with Gasteiger partial charge >= 0.3 is 0 Å². The van der Waals surface area contributed by atoms with E-state index in [4.69, 9.17) is 16.3 Å². The number of nitrogens with one attached hydrogen (secondary N) is 1. The molecule has 110 valence electrons. The van der Waals surface area contributed by atoms with Crippen LogP contribution in [0.25, 0.3) is 0 Å². The van der Waals surface area contributed by atoms with E-state index in [1.54, 1.807) is 12.4 Å². The van der Waals surface area contributed by atoms with E-state index in [-0.39, 0.29) is 0 Å². The summed E-state index contributed by atoms with van der Waals surface area (Å²) in [6.07, 6.45) is 7.01. The summed E-state index contributed by atoms with van der Waals surface area (Å²) in [5.41, 5.74) is 2.28. The van der Waals surface area contributed by atoms with Crippen molar-refractivity contribution in [2.24, 2.45) is 0 Å². The quantitative estimate of drug-likeness (QED) is 0.848. The first-order valence-electron chi connectivity index (χ1n) is 7.35. The van der Waals surface area contributed by atoms with E-state index in [1.807, 2.05) is 30.3 Å². The minimum Gasteiger partial charge on any atom is -0.493 e. The Morgan fingerprint density at radius 2 is 2.00 bits per heavy atom. The van der Waals surface area contributed by atoms with Crippen LogP contribution < -0.4 is 10.1 Å². The summed E-state index contributed by atoms with van der Waals surface area (Å²) >= 11 is 6.30. The first-order chi connectivity index (χ1) is 10.3. The van der Waals surface area contributed by atoms with Crippen molar-refractivity contribution < 1.29 is 4.74 Å². The van der Waals surface area contributed by atoms with Gasteiger partial charge in [0.15, 0.2) is 0 Å². The number of hydrogen-bond acceptors (Lipinski definition) is 3. The van der Waals surface area contributed by atoms with Crippen LogP contribution in [-0.4, -0.2) is 17.6 Å². The highest BCUT2D eigenvalue weighted by molar-refractivity contribution is 6.31. The Bertz CT molecular complexity index is 585. The summed E-state index contributed by atoms with van der Waals surface area (Å²) in [5.74, 6) is 0.879. The number of nitrogens with zero attached hydrogens (tertiary/aromatic N) is 1. The smallest absolute Gasteiger partial charge is 0.125 e. The Balaban J connectivity index is 1.59. The highest BCUT2D eigenvalue weighted by Gasteiger charge is 2.21. The van der Waals surface area contributed by atoms with Crippen molar-refractivity contribution in [1.82, 2.24) is 10.3 Å². The second kappa shape index (κ2) is 6.92. The van der Waals surface area contributed by atoms with Gasteiger partial charge in [-0.1, -0.05) is 17.7 Å². The lowest BCUT2D eigenvalue weighted by Crippen LogP contribution is -2.16.